The van der Waals surface area contributed by atoms with E-state index in [0.717, 1.165) is 38.5 Å². The van der Waals surface area contributed by atoms with E-state index in [-0.39, 0.29) is 5.41 Å². The molecule has 0 amide bonds. The van der Waals surface area contributed by atoms with E-state index in [2.05, 4.69) is 11.1 Å². The molecular formula is C14H17NO2. The van der Waals surface area contributed by atoms with Gasteiger partial charge in [0.25, 0.3) is 0 Å². The maximum absolute atomic E-state index is 11.4. The molecule has 1 aromatic heterocycles. The smallest absolute Gasteiger partial charge is 0.309 e. The Hall–Kier alpha value is -1.38. The van der Waals surface area contributed by atoms with E-state index in [0.29, 0.717) is 0 Å². The minimum absolute atomic E-state index is 0.165. The summed E-state index contributed by atoms with van der Waals surface area (Å²) in [7, 11) is 0. The number of pyridine rings is 1. The van der Waals surface area contributed by atoms with Gasteiger partial charge in [-0.2, -0.15) is 0 Å². The van der Waals surface area contributed by atoms with Crippen molar-refractivity contribution in [3.05, 3.63) is 30.1 Å². The topological polar surface area (TPSA) is 50.2 Å². The zero-order chi connectivity index (χ0) is 11.9. The van der Waals surface area contributed by atoms with Crippen LogP contribution in [0, 0.1) is 5.41 Å². The highest BCUT2D eigenvalue weighted by Crippen LogP contribution is 2.57. The lowest BCUT2D eigenvalue weighted by Crippen LogP contribution is -2.48. The third kappa shape index (κ3) is 1.48. The van der Waals surface area contributed by atoms with Crippen LogP contribution in [-0.2, 0) is 10.2 Å². The molecule has 3 heteroatoms. The lowest BCUT2D eigenvalue weighted by molar-refractivity contribution is -0.156. The van der Waals surface area contributed by atoms with Crippen LogP contribution in [0.2, 0.25) is 0 Å². The van der Waals surface area contributed by atoms with Gasteiger partial charge in [-0.1, -0.05) is 6.07 Å². The van der Waals surface area contributed by atoms with Gasteiger partial charge >= 0.3 is 5.97 Å². The minimum Gasteiger partial charge on any atom is -0.481 e. The first-order valence-electron chi connectivity index (χ1n) is 6.32. The molecule has 17 heavy (non-hydrogen) atoms. The van der Waals surface area contributed by atoms with E-state index >= 15 is 0 Å². The SMILES string of the molecule is O=C(O)C12CCC(c3ccccn3)(CC1)CC2. The predicted octanol–water partition coefficient (Wildman–Crippen LogP) is 2.76. The molecule has 0 saturated heterocycles. The summed E-state index contributed by atoms with van der Waals surface area (Å²) in [5.74, 6) is -0.591. The van der Waals surface area contributed by atoms with E-state index in [4.69, 9.17) is 0 Å². The summed E-state index contributed by atoms with van der Waals surface area (Å²) in [4.78, 5) is 15.8. The van der Waals surface area contributed by atoms with Gasteiger partial charge in [0, 0.05) is 17.3 Å². The molecule has 3 aliphatic carbocycles. The van der Waals surface area contributed by atoms with Crippen LogP contribution in [0.25, 0.3) is 0 Å². The number of carboxylic acid groups (broad SMARTS) is 1. The summed E-state index contributed by atoms with van der Waals surface area (Å²) in [6.07, 6.45) is 7.25. The van der Waals surface area contributed by atoms with Crippen LogP contribution in [-0.4, -0.2) is 16.1 Å². The number of aliphatic carboxylic acids is 1. The van der Waals surface area contributed by atoms with E-state index in [1.807, 2.05) is 18.3 Å². The van der Waals surface area contributed by atoms with E-state index in [9.17, 15) is 9.90 Å². The first kappa shape index (κ1) is 10.8. The molecule has 0 radical (unpaired) electrons. The average molecular weight is 231 g/mol. The highest BCUT2D eigenvalue weighted by Gasteiger charge is 2.53. The molecule has 3 fully saturated rings. The molecule has 0 aromatic carbocycles. The van der Waals surface area contributed by atoms with Crippen molar-refractivity contribution in [2.24, 2.45) is 5.41 Å². The number of hydrogen-bond acceptors (Lipinski definition) is 2. The normalized spacial score (nSPS) is 35.8. The van der Waals surface area contributed by atoms with Gasteiger partial charge in [-0.25, -0.2) is 0 Å². The zero-order valence-electron chi connectivity index (χ0n) is 9.85. The monoisotopic (exact) mass is 231 g/mol. The zero-order valence-corrected chi connectivity index (χ0v) is 9.85. The highest BCUT2D eigenvalue weighted by molar-refractivity contribution is 5.75. The summed E-state index contributed by atoms with van der Waals surface area (Å²) in [5, 5.41) is 9.35. The van der Waals surface area contributed by atoms with Crippen molar-refractivity contribution < 1.29 is 9.90 Å². The van der Waals surface area contributed by atoms with Crippen molar-refractivity contribution >= 4 is 5.97 Å². The van der Waals surface area contributed by atoms with Crippen LogP contribution in [0.1, 0.15) is 44.2 Å². The minimum atomic E-state index is -0.591. The molecule has 0 spiro atoms. The second kappa shape index (κ2) is 3.56. The molecule has 3 nitrogen and oxygen atoms in total. The Balaban J connectivity index is 1.89. The van der Waals surface area contributed by atoms with Crippen LogP contribution in [0.4, 0.5) is 0 Å². The van der Waals surface area contributed by atoms with Crippen molar-refractivity contribution in [2.45, 2.75) is 43.9 Å². The third-order valence-corrected chi connectivity index (χ3v) is 4.91. The molecule has 0 unspecified atom stereocenters. The molecule has 3 saturated carbocycles. The largest absolute Gasteiger partial charge is 0.481 e. The van der Waals surface area contributed by atoms with E-state index in [1.165, 1.54) is 5.69 Å². The Labute approximate surface area is 101 Å². The molecule has 1 heterocycles. The lowest BCUT2D eigenvalue weighted by Gasteiger charge is -2.51. The standard InChI is InChI=1S/C14H17NO2/c16-12(17)14-7-4-13(5-8-14,6-9-14)11-3-1-2-10-15-11/h1-3,10H,4-9H2,(H,16,17). The third-order valence-electron chi connectivity index (χ3n) is 4.91. The quantitative estimate of drug-likeness (QED) is 0.851. The Morgan fingerprint density at radius 1 is 1.12 bits per heavy atom. The van der Waals surface area contributed by atoms with Gasteiger partial charge in [0.05, 0.1) is 5.41 Å². The number of carbonyl (C=O) groups is 1. The Morgan fingerprint density at radius 3 is 2.24 bits per heavy atom. The van der Waals surface area contributed by atoms with Crippen LogP contribution in [0.3, 0.4) is 0 Å². The highest BCUT2D eigenvalue weighted by atomic mass is 16.4. The molecule has 0 atom stereocenters. The lowest BCUT2D eigenvalue weighted by atomic mass is 9.53. The van der Waals surface area contributed by atoms with Gasteiger partial charge in [-0.15, -0.1) is 0 Å². The van der Waals surface area contributed by atoms with Crippen LogP contribution in [0.15, 0.2) is 24.4 Å². The van der Waals surface area contributed by atoms with Crippen LogP contribution in [0.5, 0.6) is 0 Å². The number of rotatable bonds is 2. The molecule has 2 bridgehead atoms. The van der Waals surface area contributed by atoms with E-state index < -0.39 is 11.4 Å². The maximum atomic E-state index is 11.4. The number of fused-ring (bicyclic) bond motifs is 3. The molecular weight excluding hydrogens is 214 g/mol. The van der Waals surface area contributed by atoms with Gasteiger partial charge in [0.15, 0.2) is 0 Å². The summed E-state index contributed by atoms with van der Waals surface area (Å²) in [6.45, 7) is 0. The fourth-order valence-corrected chi connectivity index (χ4v) is 3.57. The van der Waals surface area contributed by atoms with Crippen LogP contribution >= 0.6 is 0 Å². The second-order valence-corrected chi connectivity index (χ2v) is 5.58. The molecule has 4 rings (SSSR count). The average Bonchev–Trinajstić information content (AvgIpc) is 2.42. The summed E-state index contributed by atoms with van der Waals surface area (Å²) in [5.41, 5.74) is 0.910. The Kier molecular flexibility index (Phi) is 2.25. The Bertz CT molecular complexity index is 416. The molecule has 1 aromatic rings. The van der Waals surface area contributed by atoms with Gasteiger partial charge in [-0.05, 0) is 50.7 Å². The first-order chi connectivity index (χ1) is 8.17. The Morgan fingerprint density at radius 2 is 1.76 bits per heavy atom. The number of aromatic nitrogens is 1. The summed E-state index contributed by atoms with van der Waals surface area (Å²) in [6, 6.07) is 6.07. The first-order valence-corrected chi connectivity index (χ1v) is 6.32. The second-order valence-electron chi connectivity index (χ2n) is 5.58. The van der Waals surface area contributed by atoms with Crippen molar-refractivity contribution in [3.63, 3.8) is 0 Å². The molecule has 1 N–H and O–H groups in total. The van der Waals surface area contributed by atoms with Crippen LogP contribution < -0.4 is 0 Å². The van der Waals surface area contributed by atoms with Gasteiger partial charge < -0.3 is 5.11 Å². The fraction of sp³-hybridized carbons (Fsp3) is 0.571. The van der Waals surface area contributed by atoms with Crippen molar-refractivity contribution in [1.82, 2.24) is 4.98 Å². The van der Waals surface area contributed by atoms with Gasteiger partial charge in [-0.3, -0.25) is 9.78 Å². The number of nitrogens with zero attached hydrogens (tertiary/aromatic N) is 1. The molecule has 3 aliphatic rings. The van der Waals surface area contributed by atoms with E-state index in [1.54, 1.807) is 0 Å². The number of carboxylic acids is 1. The van der Waals surface area contributed by atoms with Gasteiger partial charge in [0.2, 0.25) is 0 Å². The summed E-state index contributed by atoms with van der Waals surface area (Å²) < 4.78 is 0. The van der Waals surface area contributed by atoms with Crippen molar-refractivity contribution in [1.29, 1.82) is 0 Å². The predicted molar refractivity (Wildman–Crippen MR) is 63.7 cm³/mol. The van der Waals surface area contributed by atoms with Crippen molar-refractivity contribution in [3.8, 4) is 0 Å². The van der Waals surface area contributed by atoms with Gasteiger partial charge in [0.1, 0.15) is 0 Å². The number of hydrogen-bond donors (Lipinski definition) is 1. The fourth-order valence-electron chi connectivity index (χ4n) is 3.57. The molecule has 90 valence electrons. The molecule has 0 aliphatic heterocycles. The van der Waals surface area contributed by atoms with Crippen molar-refractivity contribution in [2.75, 3.05) is 0 Å². The maximum Gasteiger partial charge on any atom is 0.309 e. The summed E-state index contributed by atoms with van der Waals surface area (Å²) >= 11 is 0.